The fraction of sp³-hybridized carbons (Fsp3) is 0.533. The third kappa shape index (κ3) is 5.48. The second kappa shape index (κ2) is 8.43. The van der Waals surface area contributed by atoms with Gasteiger partial charge in [0.2, 0.25) is 0 Å². The van der Waals surface area contributed by atoms with Crippen LogP contribution in [0.4, 0.5) is 5.69 Å². The maximum absolute atomic E-state index is 11.6. The van der Waals surface area contributed by atoms with Crippen LogP contribution in [-0.4, -0.2) is 30.3 Å². The van der Waals surface area contributed by atoms with Gasteiger partial charge in [-0.25, -0.2) is 0 Å². The zero-order valence-corrected chi connectivity index (χ0v) is 12.1. The van der Waals surface area contributed by atoms with E-state index in [1.807, 2.05) is 13.8 Å². The zero-order chi connectivity index (χ0) is 15.0. The van der Waals surface area contributed by atoms with Crippen LogP contribution in [0.3, 0.4) is 0 Å². The van der Waals surface area contributed by atoms with Gasteiger partial charge >= 0.3 is 0 Å². The number of hydrogen-bond acceptors (Lipinski definition) is 4. The highest BCUT2D eigenvalue weighted by atomic mass is 16.5. The van der Waals surface area contributed by atoms with Crippen LogP contribution in [0.2, 0.25) is 0 Å². The summed E-state index contributed by atoms with van der Waals surface area (Å²) >= 11 is 0. The lowest BCUT2D eigenvalue weighted by Gasteiger charge is -2.20. The number of anilines is 1. The van der Waals surface area contributed by atoms with Crippen molar-refractivity contribution in [1.82, 2.24) is 5.32 Å². The molecule has 1 unspecified atom stereocenters. The molecule has 1 aromatic rings. The Morgan fingerprint density at radius 1 is 1.40 bits per heavy atom. The predicted molar refractivity (Wildman–Crippen MR) is 79.4 cm³/mol. The van der Waals surface area contributed by atoms with Crippen LogP contribution in [-0.2, 0) is 4.79 Å². The largest absolute Gasteiger partial charge is 0.484 e. The van der Waals surface area contributed by atoms with Gasteiger partial charge in [-0.05, 0) is 18.1 Å². The summed E-state index contributed by atoms with van der Waals surface area (Å²) in [5, 5.41) is 12.6. The number of aliphatic hydroxyl groups is 1. The Hall–Kier alpha value is -1.75. The number of hydrogen-bond donors (Lipinski definition) is 3. The Balaban J connectivity index is 2.30. The van der Waals surface area contributed by atoms with Crippen LogP contribution < -0.4 is 15.8 Å². The Bertz CT molecular complexity index is 419. The van der Waals surface area contributed by atoms with Gasteiger partial charge in [-0.3, -0.25) is 4.79 Å². The molecule has 0 spiro atoms. The number of ether oxygens (including phenoxy) is 1. The number of benzene rings is 1. The van der Waals surface area contributed by atoms with E-state index in [-0.39, 0.29) is 25.0 Å². The van der Waals surface area contributed by atoms with Gasteiger partial charge in [0.15, 0.2) is 6.61 Å². The van der Waals surface area contributed by atoms with Gasteiger partial charge in [0.25, 0.3) is 5.91 Å². The first-order valence-corrected chi connectivity index (χ1v) is 6.99. The molecule has 20 heavy (non-hydrogen) atoms. The van der Waals surface area contributed by atoms with Gasteiger partial charge in [0, 0.05) is 18.3 Å². The van der Waals surface area contributed by atoms with Crippen molar-refractivity contribution in [1.29, 1.82) is 0 Å². The summed E-state index contributed by atoms with van der Waals surface area (Å²) in [6.45, 7) is 4.23. The fourth-order valence-electron chi connectivity index (χ4n) is 2.02. The minimum absolute atomic E-state index is 0.0842. The summed E-state index contributed by atoms with van der Waals surface area (Å²) in [5.74, 6) is 0.517. The van der Waals surface area contributed by atoms with E-state index in [0.29, 0.717) is 11.4 Å². The number of nitrogen functional groups attached to an aromatic ring is 1. The average Bonchev–Trinajstić information content (AvgIpc) is 2.44. The molecule has 0 bridgehead atoms. The van der Waals surface area contributed by atoms with Crippen molar-refractivity contribution < 1.29 is 14.6 Å². The predicted octanol–water partition coefficient (Wildman–Crippen LogP) is 1.56. The number of carbonyl (C=O) groups excluding carboxylic acids is 1. The van der Waals surface area contributed by atoms with E-state index in [9.17, 15) is 9.90 Å². The molecule has 5 heteroatoms. The topological polar surface area (TPSA) is 84.6 Å². The summed E-state index contributed by atoms with van der Waals surface area (Å²) in [4.78, 5) is 11.6. The standard InChI is InChI=1S/C15H24N2O3/c1-3-11(4-2)14(18)9-17-15(19)10-20-13-7-5-6-12(16)8-13/h5-8,11,14,18H,3-4,9-10,16H2,1-2H3,(H,17,19). The van der Waals surface area contributed by atoms with Crippen LogP contribution in [0.1, 0.15) is 26.7 Å². The van der Waals surface area contributed by atoms with E-state index < -0.39 is 6.10 Å². The SMILES string of the molecule is CCC(CC)C(O)CNC(=O)COc1cccc(N)c1. The molecule has 0 radical (unpaired) electrons. The molecule has 0 aliphatic heterocycles. The summed E-state index contributed by atoms with van der Waals surface area (Å²) in [7, 11) is 0. The van der Waals surface area contributed by atoms with Crippen LogP contribution in [0.25, 0.3) is 0 Å². The molecule has 0 aliphatic rings. The van der Waals surface area contributed by atoms with E-state index in [1.54, 1.807) is 24.3 Å². The molecule has 112 valence electrons. The minimum atomic E-state index is -0.513. The molecule has 4 N–H and O–H groups in total. The number of rotatable bonds is 8. The van der Waals surface area contributed by atoms with Crippen LogP contribution >= 0.6 is 0 Å². The Morgan fingerprint density at radius 2 is 2.10 bits per heavy atom. The van der Waals surface area contributed by atoms with Crippen molar-refractivity contribution in [2.45, 2.75) is 32.8 Å². The highest BCUT2D eigenvalue weighted by Crippen LogP contribution is 2.14. The molecule has 1 rings (SSSR count). The van der Waals surface area contributed by atoms with Gasteiger partial charge in [-0.1, -0.05) is 32.8 Å². The first-order valence-electron chi connectivity index (χ1n) is 6.99. The van der Waals surface area contributed by atoms with Crippen LogP contribution in [0, 0.1) is 5.92 Å². The van der Waals surface area contributed by atoms with E-state index in [1.165, 1.54) is 0 Å². The molecular formula is C15H24N2O3. The molecule has 1 amide bonds. The monoisotopic (exact) mass is 280 g/mol. The minimum Gasteiger partial charge on any atom is -0.484 e. The molecule has 0 aliphatic carbocycles. The molecule has 0 saturated heterocycles. The van der Waals surface area contributed by atoms with Gasteiger partial charge in [0.05, 0.1) is 6.10 Å². The van der Waals surface area contributed by atoms with Gasteiger partial charge < -0.3 is 20.9 Å². The summed E-state index contributed by atoms with van der Waals surface area (Å²) in [5.41, 5.74) is 6.20. The highest BCUT2D eigenvalue weighted by Gasteiger charge is 2.16. The third-order valence-corrected chi connectivity index (χ3v) is 3.33. The van der Waals surface area contributed by atoms with Crippen LogP contribution in [0.5, 0.6) is 5.75 Å². The Morgan fingerprint density at radius 3 is 2.70 bits per heavy atom. The lowest BCUT2D eigenvalue weighted by Crippen LogP contribution is -2.38. The van der Waals surface area contributed by atoms with Gasteiger partial charge in [0.1, 0.15) is 5.75 Å². The normalized spacial score (nSPS) is 12.2. The molecular weight excluding hydrogens is 256 g/mol. The number of carbonyl (C=O) groups is 1. The second-order valence-corrected chi connectivity index (χ2v) is 4.81. The number of nitrogens with one attached hydrogen (secondary N) is 1. The summed E-state index contributed by atoms with van der Waals surface area (Å²) in [6, 6.07) is 6.91. The van der Waals surface area contributed by atoms with Crippen molar-refractivity contribution in [2.24, 2.45) is 5.92 Å². The van der Waals surface area contributed by atoms with Gasteiger partial charge in [-0.15, -0.1) is 0 Å². The first kappa shape index (κ1) is 16.3. The van der Waals surface area contributed by atoms with Crippen molar-refractivity contribution in [3.05, 3.63) is 24.3 Å². The summed E-state index contributed by atoms with van der Waals surface area (Å²) in [6.07, 6.45) is 1.28. The molecule has 0 saturated carbocycles. The lowest BCUT2D eigenvalue weighted by molar-refractivity contribution is -0.123. The maximum Gasteiger partial charge on any atom is 0.258 e. The van der Waals surface area contributed by atoms with Crippen LogP contribution in [0.15, 0.2) is 24.3 Å². The molecule has 5 nitrogen and oxygen atoms in total. The highest BCUT2D eigenvalue weighted by molar-refractivity contribution is 5.77. The van der Waals surface area contributed by atoms with E-state index in [4.69, 9.17) is 10.5 Å². The molecule has 1 atom stereocenters. The maximum atomic E-state index is 11.6. The fourth-order valence-corrected chi connectivity index (χ4v) is 2.02. The van der Waals surface area contributed by atoms with Crippen molar-refractivity contribution in [2.75, 3.05) is 18.9 Å². The van der Waals surface area contributed by atoms with Crippen molar-refractivity contribution in [3.8, 4) is 5.75 Å². The Kier molecular flexibility index (Phi) is 6.87. The van der Waals surface area contributed by atoms with Gasteiger partial charge in [-0.2, -0.15) is 0 Å². The molecule has 1 aromatic carbocycles. The quantitative estimate of drug-likeness (QED) is 0.631. The average molecular weight is 280 g/mol. The van der Waals surface area contributed by atoms with Crippen molar-refractivity contribution in [3.63, 3.8) is 0 Å². The number of aliphatic hydroxyl groups excluding tert-OH is 1. The van der Waals surface area contributed by atoms with Crippen molar-refractivity contribution >= 4 is 11.6 Å². The van der Waals surface area contributed by atoms with E-state index in [0.717, 1.165) is 12.8 Å². The molecule has 0 aromatic heterocycles. The lowest BCUT2D eigenvalue weighted by atomic mass is 9.97. The second-order valence-electron chi connectivity index (χ2n) is 4.81. The number of nitrogens with two attached hydrogens (primary N) is 1. The van der Waals surface area contributed by atoms with E-state index >= 15 is 0 Å². The molecule has 0 fully saturated rings. The number of amides is 1. The third-order valence-electron chi connectivity index (χ3n) is 3.33. The first-order chi connectivity index (χ1) is 9.56. The van der Waals surface area contributed by atoms with E-state index in [2.05, 4.69) is 5.32 Å². The molecule has 0 heterocycles. The Labute approximate surface area is 120 Å². The summed E-state index contributed by atoms with van der Waals surface area (Å²) < 4.78 is 5.32. The zero-order valence-electron chi connectivity index (χ0n) is 12.1. The smallest absolute Gasteiger partial charge is 0.258 e.